The third-order valence-corrected chi connectivity index (χ3v) is 4.15. The molecule has 2 heterocycles. The number of hydrogen-bond acceptors (Lipinski definition) is 4. The lowest BCUT2D eigenvalue weighted by atomic mass is 10.1. The van der Waals surface area contributed by atoms with Crippen molar-refractivity contribution < 1.29 is 0 Å². The zero-order valence-electron chi connectivity index (χ0n) is 11.0. The monoisotopic (exact) mass is 311 g/mol. The number of tetrazole rings is 1. The first-order valence-electron chi connectivity index (χ1n) is 6.70. The molecule has 0 N–H and O–H groups in total. The smallest absolute Gasteiger partial charge is 0.266 e. The molecule has 7 heteroatoms. The number of rotatable bonds is 3. The summed E-state index contributed by atoms with van der Waals surface area (Å²) in [5, 5.41) is 13.9. The molecule has 0 amide bonds. The molecule has 5 nitrogen and oxygen atoms in total. The van der Waals surface area contributed by atoms with Crippen molar-refractivity contribution >= 4 is 29.2 Å². The van der Waals surface area contributed by atoms with Crippen molar-refractivity contribution in [1.29, 1.82) is 0 Å². The molecule has 0 radical (unpaired) electrons. The van der Waals surface area contributed by atoms with E-state index in [4.69, 9.17) is 23.2 Å². The third kappa shape index (κ3) is 2.88. The van der Waals surface area contributed by atoms with Gasteiger partial charge in [-0.2, -0.15) is 4.80 Å². The van der Waals surface area contributed by atoms with Crippen molar-refractivity contribution in [2.24, 2.45) is 0 Å². The highest BCUT2D eigenvalue weighted by Crippen LogP contribution is 2.24. The molecule has 20 heavy (non-hydrogen) atoms. The van der Waals surface area contributed by atoms with Gasteiger partial charge >= 0.3 is 0 Å². The molecule has 0 bridgehead atoms. The lowest BCUT2D eigenvalue weighted by Crippen LogP contribution is -2.30. The average Bonchev–Trinajstić information content (AvgIpc) is 2.93. The largest absolute Gasteiger partial charge is 0.338 e. The molecule has 3 rings (SSSR count). The van der Waals surface area contributed by atoms with Crippen molar-refractivity contribution in [1.82, 2.24) is 20.2 Å². The fraction of sp³-hybridized carbons (Fsp3) is 0.462. The van der Waals surface area contributed by atoms with Crippen LogP contribution >= 0.6 is 23.2 Å². The van der Waals surface area contributed by atoms with Crippen molar-refractivity contribution in [3.63, 3.8) is 0 Å². The van der Waals surface area contributed by atoms with Crippen molar-refractivity contribution in [2.45, 2.75) is 25.8 Å². The van der Waals surface area contributed by atoms with Crippen LogP contribution in [0, 0.1) is 0 Å². The molecule has 1 saturated heterocycles. The zero-order valence-corrected chi connectivity index (χ0v) is 12.5. The minimum absolute atomic E-state index is 0.430. The summed E-state index contributed by atoms with van der Waals surface area (Å²) < 4.78 is 0. The molecule has 0 spiro atoms. The maximum Gasteiger partial charge on any atom is 0.266 e. The van der Waals surface area contributed by atoms with E-state index in [0.717, 1.165) is 18.7 Å². The summed E-state index contributed by atoms with van der Waals surface area (Å²) in [6.07, 6.45) is 3.65. The fourth-order valence-corrected chi connectivity index (χ4v) is 2.86. The Balaban J connectivity index is 1.77. The van der Waals surface area contributed by atoms with Crippen LogP contribution in [0.4, 0.5) is 5.95 Å². The Morgan fingerprint density at radius 2 is 1.75 bits per heavy atom. The van der Waals surface area contributed by atoms with E-state index in [0.29, 0.717) is 22.5 Å². The number of hydrogen-bond donors (Lipinski definition) is 0. The lowest BCUT2D eigenvalue weighted by Gasteiger charge is -2.24. The summed E-state index contributed by atoms with van der Waals surface area (Å²) >= 11 is 12.3. The van der Waals surface area contributed by atoms with Gasteiger partial charge in [-0.15, -0.1) is 5.10 Å². The normalized spacial score (nSPS) is 15.6. The van der Waals surface area contributed by atoms with Gasteiger partial charge in [0.2, 0.25) is 0 Å². The summed E-state index contributed by atoms with van der Waals surface area (Å²) in [4.78, 5) is 3.71. The zero-order chi connectivity index (χ0) is 13.9. The van der Waals surface area contributed by atoms with E-state index in [1.807, 2.05) is 18.2 Å². The standard InChI is InChI=1S/C13H15Cl2N5/c14-11-5-4-6-12(15)10(11)9-20-17-13(16-18-20)19-7-2-1-3-8-19/h4-6H,1-3,7-9H2. The molecule has 0 unspecified atom stereocenters. The van der Waals surface area contributed by atoms with Crippen LogP contribution < -0.4 is 4.90 Å². The molecule has 1 aliphatic rings. The van der Waals surface area contributed by atoms with E-state index in [-0.39, 0.29) is 0 Å². The van der Waals surface area contributed by atoms with Crippen LogP contribution in [0.1, 0.15) is 24.8 Å². The Morgan fingerprint density at radius 3 is 2.45 bits per heavy atom. The quantitative estimate of drug-likeness (QED) is 0.874. The van der Waals surface area contributed by atoms with Gasteiger partial charge in [-0.25, -0.2) is 0 Å². The van der Waals surface area contributed by atoms with Crippen LogP contribution in [0.5, 0.6) is 0 Å². The fourth-order valence-electron chi connectivity index (χ4n) is 2.35. The van der Waals surface area contributed by atoms with E-state index < -0.39 is 0 Å². The number of halogens is 2. The SMILES string of the molecule is Clc1cccc(Cl)c1Cn1nnc(N2CCCCC2)n1. The molecule has 1 aliphatic heterocycles. The Kier molecular flexibility index (Phi) is 4.08. The highest BCUT2D eigenvalue weighted by atomic mass is 35.5. The molecule has 1 aromatic carbocycles. The van der Waals surface area contributed by atoms with E-state index >= 15 is 0 Å². The van der Waals surface area contributed by atoms with Crippen molar-refractivity contribution in [3.8, 4) is 0 Å². The third-order valence-electron chi connectivity index (χ3n) is 3.44. The highest BCUT2D eigenvalue weighted by molar-refractivity contribution is 6.35. The highest BCUT2D eigenvalue weighted by Gasteiger charge is 2.16. The van der Waals surface area contributed by atoms with Gasteiger partial charge in [0.05, 0.1) is 6.54 Å². The molecular weight excluding hydrogens is 297 g/mol. The maximum atomic E-state index is 6.15. The van der Waals surface area contributed by atoms with Crippen LogP contribution in [0.15, 0.2) is 18.2 Å². The first-order chi connectivity index (χ1) is 9.74. The van der Waals surface area contributed by atoms with Gasteiger partial charge in [-0.3, -0.25) is 0 Å². The Bertz CT molecular complexity index is 572. The number of nitrogens with zero attached hydrogens (tertiary/aromatic N) is 5. The first-order valence-corrected chi connectivity index (χ1v) is 7.45. The molecule has 106 valence electrons. The predicted molar refractivity (Wildman–Crippen MR) is 79.4 cm³/mol. The van der Waals surface area contributed by atoms with Gasteiger partial charge in [-0.1, -0.05) is 34.4 Å². The van der Waals surface area contributed by atoms with E-state index in [9.17, 15) is 0 Å². The summed E-state index contributed by atoms with van der Waals surface area (Å²) in [5.74, 6) is 0.688. The van der Waals surface area contributed by atoms with Crippen LogP contribution in [0.3, 0.4) is 0 Å². The van der Waals surface area contributed by atoms with Crippen LogP contribution in [-0.2, 0) is 6.54 Å². The Hall–Kier alpha value is -1.33. The first kappa shape index (κ1) is 13.6. The van der Waals surface area contributed by atoms with Gasteiger partial charge in [0, 0.05) is 28.7 Å². The molecule has 1 aromatic heterocycles. The van der Waals surface area contributed by atoms with Crippen LogP contribution in [0.25, 0.3) is 0 Å². The van der Waals surface area contributed by atoms with Gasteiger partial charge in [0.1, 0.15) is 0 Å². The van der Waals surface area contributed by atoms with Gasteiger partial charge in [0.25, 0.3) is 5.95 Å². The summed E-state index contributed by atoms with van der Waals surface area (Å²) in [7, 11) is 0. The minimum Gasteiger partial charge on any atom is -0.338 e. The summed E-state index contributed by atoms with van der Waals surface area (Å²) in [5.41, 5.74) is 0.818. The maximum absolute atomic E-state index is 6.15. The Labute approximate surface area is 127 Å². The van der Waals surface area contributed by atoms with E-state index in [1.54, 1.807) is 0 Å². The second-order valence-electron chi connectivity index (χ2n) is 4.87. The van der Waals surface area contributed by atoms with Gasteiger partial charge in [0.15, 0.2) is 0 Å². The van der Waals surface area contributed by atoms with E-state index in [2.05, 4.69) is 20.3 Å². The molecule has 0 saturated carbocycles. The van der Waals surface area contributed by atoms with Crippen LogP contribution in [-0.4, -0.2) is 33.3 Å². The van der Waals surface area contributed by atoms with Crippen molar-refractivity contribution in [3.05, 3.63) is 33.8 Å². The topological polar surface area (TPSA) is 46.8 Å². The minimum atomic E-state index is 0.430. The molecule has 0 atom stereocenters. The molecule has 0 aliphatic carbocycles. The second kappa shape index (κ2) is 5.97. The second-order valence-corrected chi connectivity index (χ2v) is 5.68. The number of piperidine rings is 1. The molecule has 2 aromatic rings. The Morgan fingerprint density at radius 1 is 1.05 bits per heavy atom. The van der Waals surface area contributed by atoms with Crippen LogP contribution in [0.2, 0.25) is 10.0 Å². The number of anilines is 1. The average molecular weight is 312 g/mol. The lowest BCUT2D eigenvalue weighted by molar-refractivity contribution is 0.557. The summed E-state index contributed by atoms with van der Waals surface area (Å²) in [6.45, 7) is 2.43. The van der Waals surface area contributed by atoms with Gasteiger partial charge in [-0.05, 0) is 36.6 Å². The van der Waals surface area contributed by atoms with Gasteiger partial charge < -0.3 is 4.90 Å². The predicted octanol–water partition coefficient (Wildman–Crippen LogP) is 3.02. The van der Waals surface area contributed by atoms with E-state index in [1.165, 1.54) is 24.1 Å². The number of benzene rings is 1. The molecular formula is C13H15Cl2N5. The van der Waals surface area contributed by atoms with Crippen molar-refractivity contribution in [2.75, 3.05) is 18.0 Å². The number of aromatic nitrogens is 4. The molecule has 1 fully saturated rings. The summed E-state index contributed by atoms with van der Waals surface area (Å²) in [6, 6.07) is 5.44.